The molecule has 0 aliphatic heterocycles. The quantitative estimate of drug-likeness (QED) is 0.553. The molecule has 0 unspecified atom stereocenters. The van der Waals surface area contributed by atoms with Gasteiger partial charge in [-0.3, -0.25) is 0 Å². The van der Waals surface area contributed by atoms with E-state index in [1.807, 2.05) is 6.08 Å². The van der Waals surface area contributed by atoms with Crippen molar-refractivity contribution in [3.05, 3.63) is 35.5 Å². The van der Waals surface area contributed by atoms with Crippen molar-refractivity contribution in [2.45, 2.75) is 47.1 Å². The fourth-order valence-corrected chi connectivity index (χ4v) is 2.50. The fraction of sp³-hybridized carbons (Fsp3) is 0.600. The van der Waals surface area contributed by atoms with Crippen LogP contribution in [-0.2, 0) is 0 Å². The van der Waals surface area contributed by atoms with Gasteiger partial charge in [-0.15, -0.1) is 0 Å². The van der Waals surface area contributed by atoms with Gasteiger partial charge in [-0.1, -0.05) is 49.3 Å². The van der Waals surface area contributed by atoms with Gasteiger partial charge in [-0.2, -0.15) is 0 Å². The van der Waals surface area contributed by atoms with Crippen LogP contribution in [0, 0.1) is 11.3 Å². The van der Waals surface area contributed by atoms with Crippen molar-refractivity contribution in [3.8, 4) is 0 Å². The summed E-state index contributed by atoms with van der Waals surface area (Å²) in [4.78, 5) is 0. The summed E-state index contributed by atoms with van der Waals surface area (Å²) in [5.74, 6) is 0.436. The summed E-state index contributed by atoms with van der Waals surface area (Å²) in [5, 5.41) is 9.74. The first-order valence-corrected chi connectivity index (χ1v) is 6.04. The van der Waals surface area contributed by atoms with Crippen LogP contribution in [0.25, 0.3) is 0 Å². The van der Waals surface area contributed by atoms with Crippen LogP contribution in [0.3, 0.4) is 0 Å². The molecule has 0 saturated heterocycles. The predicted octanol–water partition coefficient (Wildman–Crippen LogP) is 3.86. The average molecular weight is 220 g/mol. The SMILES string of the molecule is C/C=C(C)/C=C/[C@H]1C(C)=C[C@H](O)CC1(C)C. The largest absolute Gasteiger partial charge is 0.389 e. The zero-order valence-electron chi connectivity index (χ0n) is 11.1. The second-order valence-electron chi connectivity index (χ2n) is 5.54. The zero-order valence-corrected chi connectivity index (χ0v) is 11.1. The van der Waals surface area contributed by atoms with E-state index in [-0.39, 0.29) is 11.5 Å². The summed E-state index contributed by atoms with van der Waals surface area (Å²) >= 11 is 0. The number of aliphatic hydroxyl groups is 1. The van der Waals surface area contributed by atoms with Gasteiger partial charge in [0.05, 0.1) is 6.10 Å². The first kappa shape index (κ1) is 13.2. The molecule has 1 rings (SSSR count). The van der Waals surface area contributed by atoms with Crippen molar-refractivity contribution in [2.75, 3.05) is 0 Å². The third kappa shape index (κ3) is 3.08. The Morgan fingerprint density at radius 1 is 1.50 bits per heavy atom. The first-order valence-electron chi connectivity index (χ1n) is 6.04. The Morgan fingerprint density at radius 3 is 2.62 bits per heavy atom. The lowest BCUT2D eigenvalue weighted by Crippen LogP contribution is -2.32. The van der Waals surface area contributed by atoms with Gasteiger partial charge in [0.1, 0.15) is 0 Å². The highest BCUT2D eigenvalue weighted by atomic mass is 16.3. The minimum atomic E-state index is -0.275. The van der Waals surface area contributed by atoms with Gasteiger partial charge in [0.15, 0.2) is 0 Å². The topological polar surface area (TPSA) is 20.2 Å². The molecule has 90 valence electrons. The molecule has 0 radical (unpaired) electrons. The minimum Gasteiger partial charge on any atom is -0.389 e. The normalized spacial score (nSPS) is 30.6. The molecule has 16 heavy (non-hydrogen) atoms. The Balaban J connectivity index is 2.93. The van der Waals surface area contributed by atoms with E-state index in [0.717, 1.165) is 6.42 Å². The highest BCUT2D eigenvalue weighted by Crippen LogP contribution is 2.41. The van der Waals surface area contributed by atoms with E-state index >= 15 is 0 Å². The molecular formula is C15H24O. The van der Waals surface area contributed by atoms with Crippen LogP contribution < -0.4 is 0 Å². The molecule has 0 fully saturated rings. The van der Waals surface area contributed by atoms with Crippen molar-refractivity contribution < 1.29 is 5.11 Å². The molecule has 1 aliphatic rings. The molecule has 0 heterocycles. The van der Waals surface area contributed by atoms with Crippen molar-refractivity contribution in [1.82, 2.24) is 0 Å². The van der Waals surface area contributed by atoms with Crippen molar-refractivity contribution in [3.63, 3.8) is 0 Å². The van der Waals surface area contributed by atoms with E-state index in [9.17, 15) is 5.11 Å². The summed E-state index contributed by atoms with van der Waals surface area (Å²) in [6.07, 6.45) is 9.12. The van der Waals surface area contributed by atoms with Gasteiger partial charge in [-0.25, -0.2) is 0 Å². The standard InChI is InChI=1S/C15H24O/c1-6-11(2)7-8-14-12(3)9-13(16)10-15(14,4)5/h6-9,13-14,16H,10H2,1-5H3/b8-7+,11-6+/t13-,14-/m0/s1. The Labute approximate surface area is 99.6 Å². The van der Waals surface area contributed by atoms with Crippen LogP contribution in [0.2, 0.25) is 0 Å². The molecule has 0 aromatic heterocycles. The summed E-state index contributed by atoms with van der Waals surface area (Å²) in [5.41, 5.74) is 2.71. The van der Waals surface area contributed by atoms with Crippen molar-refractivity contribution >= 4 is 0 Å². The molecule has 0 bridgehead atoms. The van der Waals surface area contributed by atoms with E-state index < -0.39 is 0 Å². The number of hydrogen-bond acceptors (Lipinski definition) is 1. The fourth-order valence-electron chi connectivity index (χ4n) is 2.50. The monoisotopic (exact) mass is 220 g/mol. The molecule has 1 aliphatic carbocycles. The van der Waals surface area contributed by atoms with Crippen LogP contribution in [0.5, 0.6) is 0 Å². The molecule has 0 aromatic carbocycles. The van der Waals surface area contributed by atoms with E-state index in [1.54, 1.807) is 0 Å². The summed E-state index contributed by atoms with van der Waals surface area (Å²) < 4.78 is 0. The number of allylic oxidation sites excluding steroid dienone is 5. The summed E-state index contributed by atoms with van der Waals surface area (Å²) in [6.45, 7) is 10.7. The van der Waals surface area contributed by atoms with Crippen LogP contribution >= 0.6 is 0 Å². The van der Waals surface area contributed by atoms with Crippen LogP contribution in [0.1, 0.15) is 41.0 Å². The molecule has 1 nitrogen and oxygen atoms in total. The molecule has 0 saturated carbocycles. The van der Waals surface area contributed by atoms with Crippen LogP contribution in [0.15, 0.2) is 35.5 Å². The number of aliphatic hydroxyl groups excluding tert-OH is 1. The molecular weight excluding hydrogens is 196 g/mol. The highest BCUT2D eigenvalue weighted by Gasteiger charge is 2.34. The first-order chi connectivity index (χ1) is 7.36. The van der Waals surface area contributed by atoms with Gasteiger partial charge in [0, 0.05) is 5.92 Å². The predicted molar refractivity (Wildman–Crippen MR) is 70.2 cm³/mol. The van der Waals surface area contributed by atoms with Crippen molar-refractivity contribution in [1.29, 1.82) is 0 Å². The molecule has 1 heteroatoms. The Kier molecular flexibility index (Phi) is 4.15. The molecule has 0 spiro atoms. The maximum atomic E-state index is 9.74. The van der Waals surface area contributed by atoms with Gasteiger partial charge < -0.3 is 5.11 Å². The molecule has 1 N–H and O–H groups in total. The van der Waals surface area contributed by atoms with E-state index in [2.05, 4.69) is 52.8 Å². The maximum absolute atomic E-state index is 9.74. The second-order valence-corrected chi connectivity index (χ2v) is 5.54. The van der Waals surface area contributed by atoms with Gasteiger partial charge in [-0.05, 0) is 32.6 Å². The summed E-state index contributed by atoms with van der Waals surface area (Å²) in [6, 6.07) is 0. The van der Waals surface area contributed by atoms with E-state index in [4.69, 9.17) is 0 Å². The molecule has 0 aromatic rings. The van der Waals surface area contributed by atoms with Crippen LogP contribution in [-0.4, -0.2) is 11.2 Å². The Morgan fingerprint density at radius 2 is 2.12 bits per heavy atom. The number of hydrogen-bond donors (Lipinski definition) is 1. The molecule has 0 amide bonds. The van der Waals surface area contributed by atoms with Gasteiger partial charge in [0.2, 0.25) is 0 Å². The van der Waals surface area contributed by atoms with E-state index in [1.165, 1.54) is 11.1 Å². The highest BCUT2D eigenvalue weighted by molar-refractivity contribution is 5.25. The third-order valence-electron chi connectivity index (χ3n) is 3.53. The smallest absolute Gasteiger partial charge is 0.0729 e. The lowest BCUT2D eigenvalue weighted by molar-refractivity contribution is 0.117. The third-order valence-corrected chi connectivity index (χ3v) is 3.53. The van der Waals surface area contributed by atoms with Crippen molar-refractivity contribution in [2.24, 2.45) is 11.3 Å². The van der Waals surface area contributed by atoms with Crippen LogP contribution in [0.4, 0.5) is 0 Å². The van der Waals surface area contributed by atoms with Gasteiger partial charge in [0.25, 0.3) is 0 Å². The average Bonchev–Trinajstić information content (AvgIpc) is 2.14. The van der Waals surface area contributed by atoms with E-state index in [0.29, 0.717) is 5.92 Å². The maximum Gasteiger partial charge on any atom is 0.0729 e. The zero-order chi connectivity index (χ0) is 12.3. The Bertz CT molecular complexity index is 331. The number of rotatable bonds is 2. The lowest BCUT2D eigenvalue weighted by atomic mass is 9.67. The van der Waals surface area contributed by atoms with Gasteiger partial charge >= 0.3 is 0 Å². The minimum absolute atomic E-state index is 0.142. The summed E-state index contributed by atoms with van der Waals surface area (Å²) in [7, 11) is 0. The lowest BCUT2D eigenvalue weighted by Gasteiger charge is -2.38. The molecule has 2 atom stereocenters. The second kappa shape index (κ2) is 5.01. The Hall–Kier alpha value is -0.820.